The number of ether oxygens (including phenoxy) is 1. The standard InChI is InChI=1S/C16H16N4O/c1-11-4-3-5-13(10-11)20-16(17)15(18-19-20)12-6-8-14(21-2)9-7-12/h3-10H,17H2,1-2H3. The van der Waals surface area contributed by atoms with Crippen molar-refractivity contribution < 1.29 is 4.74 Å². The van der Waals surface area contributed by atoms with E-state index in [1.54, 1.807) is 11.8 Å². The zero-order chi connectivity index (χ0) is 14.8. The van der Waals surface area contributed by atoms with Crippen LogP contribution in [0.15, 0.2) is 48.5 Å². The molecule has 3 rings (SSSR count). The second-order valence-electron chi connectivity index (χ2n) is 4.80. The molecule has 3 aromatic rings. The van der Waals surface area contributed by atoms with E-state index < -0.39 is 0 Å². The molecule has 106 valence electrons. The van der Waals surface area contributed by atoms with E-state index in [-0.39, 0.29) is 0 Å². The lowest BCUT2D eigenvalue weighted by atomic mass is 10.1. The average molecular weight is 280 g/mol. The van der Waals surface area contributed by atoms with E-state index in [2.05, 4.69) is 10.3 Å². The van der Waals surface area contributed by atoms with Crippen LogP contribution in [0.25, 0.3) is 16.9 Å². The molecule has 0 radical (unpaired) electrons. The SMILES string of the molecule is COc1ccc(-c2nnn(-c3cccc(C)c3)c2N)cc1. The van der Waals surface area contributed by atoms with E-state index in [0.29, 0.717) is 11.5 Å². The van der Waals surface area contributed by atoms with Crippen LogP contribution >= 0.6 is 0 Å². The number of aryl methyl sites for hydroxylation is 1. The summed E-state index contributed by atoms with van der Waals surface area (Å²) < 4.78 is 6.80. The molecule has 5 nitrogen and oxygen atoms in total. The fourth-order valence-corrected chi connectivity index (χ4v) is 2.19. The minimum atomic E-state index is 0.519. The Kier molecular flexibility index (Phi) is 3.31. The van der Waals surface area contributed by atoms with Crippen LogP contribution in [0.2, 0.25) is 0 Å². The molecular weight excluding hydrogens is 264 g/mol. The maximum atomic E-state index is 6.19. The highest BCUT2D eigenvalue weighted by atomic mass is 16.5. The van der Waals surface area contributed by atoms with E-state index in [1.165, 1.54) is 0 Å². The van der Waals surface area contributed by atoms with Crippen molar-refractivity contribution in [2.45, 2.75) is 6.92 Å². The third kappa shape index (κ3) is 2.45. The summed E-state index contributed by atoms with van der Waals surface area (Å²) in [6.07, 6.45) is 0. The molecule has 0 aliphatic carbocycles. The van der Waals surface area contributed by atoms with Gasteiger partial charge in [-0.25, -0.2) is 0 Å². The maximum absolute atomic E-state index is 6.19. The largest absolute Gasteiger partial charge is 0.497 e. The molecular formula is C16H16N4O. The summed E-state index contributed by atoms with van der Waals surface area (Å²) in [4.78, 5) is 0. The third-order valence-corrected chi connectivity index (χ3v) is 3.31. The van der Waals surface area contributed by atoms with E-state index >= 15 is 0 Å². The molecule has 2 aromatic carbocycles. The molecule has 0 saturated carbocycles. The van der Waals surface area contributed by atoms with Gasteiger partial charge in [0.05, 0.1) is 12.8 Å². The van der Waals surface area contributed by atoms with Crippen molar-refractivity contribution in [3.63, 3.8) is 0 Å². The molecule has 5 heteroatoms. The minimum Gasteiger partial charge on any atom is -0.497 e. The first-order valence-electron chi connectivity index (χ1n) is 6.61. The molecule has 2 N–H and O–H groups in total. The number of benzene rings is 2. The van der Waals surface area contributed by atoms with Crippen molar-refractivity contribution in [1.29, 1.82) is 0 Å². The fourth-order valence-electron chi connectivity index (χ4n) is 2.19. The van der Waals surface area contributed by atoms with Gasteiger partial charge in [-0.2, -0.15) is 4.68 Å². The highest BCUT2D eigenvalue weighted by Gasteiger charge is 2.13. The predicted molar refractivity (Wildman–Crippen MR) is 82.5 cm³/mol. The topological polar surface area (TPSA) is 66.0 Å². The molecule has 0 aliphatic rings. The van der Waals surface area contributed by atoms with Gasteiger partial charge in [-0.3, -0.25) is 0 Å². The number of rotatable bonds is 3. The summed E-state index contributed by atoms with van der Waals surface area (Å²) in [5.74, 6) is 1.31. The van der Waals surface area contributed by atoms with Gasteiger partial charge in [-0.1, -0.05) is 17.3 Å². The van der Waals surface area contributed by atoms with E-state index in [1.807, 2.05) is 55.5 Å². The third-order valence-electron chi connectivity index (χ3n) is 3.31. The second-order valence-corrected chi connectivity index (χ2v) is 4.80. The van der Waals surface area contributed by atoms with Gasteiger partial charge in [-0.15, -0.1) is 5.10 Å². The number of nitrogens with zero attached hydrogens (tertiary/aromatic N) is 3. The first kappa shape index (κ1) is 13.2. The lowest BCUT2D eigenvalue weighted by Crippen LogP contribution is -2.02. The Hall–Kier alpha value is -2.82. The van der Waals surface area contributed by atoms with Gasteiger partial charge in [0.25, 0.3) is 0 Å². The van der Waals surface area contributed by atoms with Crippen molar-refractivity contribution in [3.8, 4) is 22.7 Å². The Balaban J connectivity index is 2.02. The number of methoxy groups -OCH3 is 1. The summed E-state index contributed by atoms with van der Waals surface area (Å²) in [5, 5.41) is 8.35. The minimum absolute atomic E-state index is 0.519. The monoisotopic (exact) mass is 280 g/mol. The Morgan fingerprint density at radius 1 is 1.10 bits per heavy atom. The summed E-state index contributed by atoms with van der Waals surface area (Å²) in [6.45, 7) is 2.03. The number of hydrogen-bond acceptors (Lipinski definition) is 4. The van der Waals surface area contributed by atoms with Crippen LogP contribution in [0.4, 0.5) is 5.82 Å². The molecule has 1 aromatic heterocycles. The molecule has 0 aliphatic heterocycles. The van der Waals surface area contributed by atoms with Crippen molar-refractivity contribution in [2.24, 2.45) is 0 Å². The van der Waals surface area contributed by atoms with Gasteiger partial charge in [0, 0.05) is 5.56 Å². The molecule has 21 heavy (non-hydrogen) atoms. The maximum Gasteiger partial charge on any atom is 0.155 e. The normalized spacial score (nSPS) is 10.6. The number of aromatic nitrogens is 3. The van der Waals surface area contributed by atoms with Crippen molar-refractivity contribution in [2.75, 3.05) is 12.8 Å². The molecule has 0 atom stereocenters. The van der Waals surface area contributed by atoms with Gasteiger partial charge in [0.15, 0.2) is 5.82 Å². The van der Waals surface area contributed by atoms with E-state index in [9.17, 15) is 0 Å². The summed E-state index contributed by atoms with van der Waals surface area (Å²) in [7, 11) is 1.64. The van der Waals surface area contributed by atoms with Gasteiger partial charge >= 0.3 is 0 Å². The Morgan fingerprint density at radius 2 is 1.86 bits per heavy atom. The summed E-state index contributed by atoms with van der Waals surface area (Å²) in [6, 6.07) is 15.6. The van der Waals surface area contributed by atoms with Crippen LogP contribution in [0.1, 0.15) is 5.56 Å². The molecule has 0 unspecified atom stereocenters. The number of anilines is 1. The first-order chi connectivity index (χ1) is 10.2. The quantitative estimate of drug-likeness (QED) is 0.801. The van der Waals surface area contributed by atoms with Crippen LogP contribution in [-0.4, -0.2) is 22.1 Å². The number of hydrogen-bond donors (Lipinski definition) is 1. The zero-order valence-corrected chi connectivity index (χ0v) is 11.9. The average Bonchev–Trinajstić information content (AvgIpc) is 2.89. The Bertz CT molecular complexity index is 762. The molecule has 0 saturated heterocycles. The van der Waals surface area contributed by atoms with Crippen LogP contribution in [0.5, 0.6) is 5.75 Å². The van der Waals surface area contributed by atoms with Gasteiger partial charge in [0.1, 0.15) is 11.4 Å². The highest BCUT2D eigenvalue weighted by Crippen LogP contribution is 2.27. The van der Waals surface area contributed by atoms with Gasteiger partial charge in [-0.05, 0) is 48.9 Å². The number of nitrogen functional groups attached to an aromatic ring is 1. The smallest absolute Gasteiger partial charge is 0.155 e. The van der Waals surface area contributed by atoms with Gasteiger partial charge in [0.2, 0.25) is 0 Å². The van der Waals surface area contributed by atoms with Crippen LogP contribution < -0.4 is 10.5 Å². The first-order valence-corrected chi connectivity index (χ1v) is 6.61. The summed E-state index contributed by atoms with van der Waals surface area (Å²) in [5.41, 5.74) is 9.82. The zero-order valence-electron chi connectivity index (χ0n) is 11.9. The van der Waals surface area contributed by atoms with Crippen LogP contribution in [-0.2, 0) is 0 Å². The van der Waals surface area contributed by atoms with Crippen molar-refractivity contribution in [1.82, 2.24) is 15.0 Å². The fraction of sp³-hybridized carbons (Fsp3) is 0.125. The Labute approximate surface area is 123 Å². The van der Waals surface area contributed by atoms with E-state index in [4.69, 9.17) is 10.5 Å². The van der Waals surface area contributed by atoms with E-state index in [0.717, 1.165) is 22.6 Å². The van der Waals surface area contributed by atoms with Gasteiger partial charge < -0.3 is 10.5 Å². The Morgan fingerprint density at radius 3 is 2.52 bits per heavy atom. The molecule has 0 bridgehead atoms. The summed E-state index contributed by atoms with van der Waals surface area (Å²) >= 11 is 0. The molecule has 1 heterocycles. The lowest BCUT2D eigenvalue weighted by Gasteiger charge is -2.05. The molecule has 0 amide bonds. The number of nitrogens with two attached hydrogens (primary N) is 1. The second kappa shape index (κ2) is 5.28. The molecule has 0 fully saturated rings. The predicted octanol–water partition coefficient (Wildman–Crippen LogP) is 2.83. The molecule has 0 spiro atoms. The van der Waals surface area contributed by atoms with Crippen molar-refractivity contribution >= 4 is 5.82 Å². The van der Waals surface area contributed by atoms with Crippen molar-refractivity contribution in [3.05, 3.63) is 54.1 Å². The van der Waals surface area contributed by atoms with Crippen LogP contribution in [0.3, 0.4) is 0 Å². The lowest BCUT2D eigenvalue weighted by molar-refractivity contribution is 0.415. The van der Waals surface area contributed by atoms with Crippen LogP contribution in [0, 0.1) is 6.92 Å². The highest BCUT2D eigenvalue weighted by molar-refractivity contribution is 5.71.